The standard InChI is InChI=1S/C16H18N2O/c1-18(2)15-9-7-13(8-10-15)11-17-16-6-4-3-5-14(16)12-19/h3-11,19H,12H2,1-2H3. The van der Waals surface area contributed by atoms with Crippen molar-refractivity contribution >= 4 is 17.6 Å². The van der Waals surface area contributed by atoms with Crippen molar-refractivity contribution in [2.75, 3.05) is 19.0 Å². The van der Waals surface area contributed by atoms with Gasteiger partial charge in [-0.1, -0.05) is 30.3 Å². The van der Waals surface area contributed by atoms with Crippen LogP contribution in [-0.4, -0.2) is 25.4 Å². The van der Waals surface area contributed by atoms with Crippen LogP contribution in [0.4, 0.5) is 11.4 Å². The van der Waals surface area contributed by atoms with Gasteiger partial charge in [-0.05, 0) is 23.8 Å². The molecule has 0 saturated heterocycles. The van der Waals surface area contributed by atoms with E-state index in [0.717, 1.165) is 22.5 Å². The molecule has 0 aliphatic heterocycles. The predicted molar refractivity (Wildman–Crippen MR) is 80.4 cm³/mol. The summed E-state index contributed by atoms with van der Waals surface area (Å²) in [5.74, 6) is 0. The number of hydrogen-bond donors (Lipinski definition) is 1. The second-order valence-corrected chi connectivity index (χ2v) is 4.53. The Bertz CT molecular complexity index is 559. The van der Waals surface area contributed by atoms with E-state index in [1.807, 2.05) is 56.7 Å². The minimum Gasteiger partial charge on any atom is -0.392 e. The molecule has 0 aliphatic carbocycles. The van der Waals surface area contributed by atoms with E-state index in [9.17, 15) is 5.11 Å². The van der Waals surface area contributed by atoms with Crippen LogP contribution in [0.15, 0.2) is 53.5 Å². The molecular formula is C16H18N2O. The molecular weight excluding hydrogens is 236 g/mol. The van der Waals surface area contributed by atoms with Crippen molar-refractivity contribution in [3.05, 3.63) is 59.7 Å². The zero-order valence-corrected chi connectivity index (χ0v) is 11.2. The Kier molecular flexibility index (Phi) is 4.31. The van der Waals surface area contributed by atoms with Crippen molar-refractivity contribution < 1.29 is 5.11 Å². The molecule has 2 rings (SSSR count). The number of aliphatic hydroxyl groups excluding tert-OH is 1. The highest BCUT2D eigenvalue weighted by molar-refractivity contribution is 5.82. The maximum absolute atomic E-state index is 9.23. The topological polar surface area (TPSA) is 35.8 Å². The molecule has 0 heterocycles. The molecule has 19 heavy (non-hydrogen) atoms. The second-order valence-electron chi connectivity index (χ2n) is 4.53. The lowest BCUT2D eigenvalue weighted by atomic mass is 10.2. The average Bonchev–Trinajstić information content (AvgIpc) is 2.45. The first-order chi connectivity index (χ1) is 9.20. The van der Waals surface area contributed by atoms with Crippen molar-refractivity contribution in [1.82, 2.24) is 0 Å². The van der Waals surface area contributed by atoms with E-state index < -0.39 is 0 Å². The smallest absolute Gasteiger partial charge is 0.0702 e. The van der Waals surface area contributed by atoms with Gasteiger partial charge in [0.25, 0.3) is 0 Å². The van der Waals surface area contributed by atoms with Gasteiger partial charge in [-0.15, -0.1) is 0 Å². The van der Waals surface area contributed by atoms with Crippen molar-refractivity contribution in [3.63, 3.8) is 0 Å². The van der Waals surface area contributed by atoms with E-state index in [0.29, 0.717) is 0 Å². The van der Waals surface area contributed by atoms with Gasteiger partial charge in [-0.2, -0.15) is 0 Å². The summed E-state index contributed by atoms with van der Waals surface area (Å²) in [7, 11) is 4.03. The second kappa shape index (κ2) is 6.16. The lowest BCUT2D eigenvalue weighted by molar-refractivity contribution is 0.282. The molecule has 0 unspecified atom stereocenters. The van der Waals surface area contributed by atoms with Crippen LogP contribution in [0.25, 0.3) is 0 Å². The normalized spacial score (nSPS) is 10.9. The fourth-order valence-electron chi connectivity index (χ4n) is 1.77. The molecule has 0 saturated carbocycles. The van der Waals surface area contributed by atoms with Crippen molar-refractivity contribution in [1.29, 1.82) is 0 Å². The molecule has 1 N–H and O–H groups in total. The van der Waals surface area contributed by atoms with Crippen LogP contribution in [-0.2, 0) is 6.61 Å². The monoisotopic (exact) mass is 254 g/mol. The van der Waals surface area contributed by atoms with Crippen LogP contribution < -0.4 is 4.90 Å². The predicted octanol–water partition coefficient (Wildman–Crippen LogP) is 3.00. The Morgan fingerprint density at radius 1 is 1.05 bits per heavy atom. The fraction of sp³-hybridized carbons (Fsp3) is 0.188. The van der Waals surface area contributed by atoms with Gasteiger partial charge in [-0.3, -0.25) is 4.99 Å². The van der Waals surface area contributed by atoms with E-state index in [-0.39, 0.29) is 6.61 Å². The summed E-state index contributed by atoms with van der Waals surface area (Å²) >= 11 is 0. The number of para-hydroxylation sites is 1. The molecule has 3 heteroatoms. The highest BCUT2D eigenvalue weighted by atomic mass is 16.3. The Morgan fingerprint density at radius 2 is 1.74 bits per heavy atom. The van der Waals surface area contributed by atoms with Crippen molar-refractivity contribution in [3.8, 4) is 0 Å². The quantitative estimate of drug-likeness (QED) is 0.851. The van der Waals surface area contributed by atoms with Gasteiger partial charge in [-0.25, -0.2) is 0 Å². The molecule has 0 spiro atoms. The molecule has 0 atom stereocenters. The Morgan fingerprint density at radius 3 is 2.37 bits per heavy atom. The SMILES string of the molecule is CN(C)c1ccc(C=Nc2ccccc2CO)cc1. The summed E-state index contributed by atoms with van der Waals surface area (Å²) < 4.78 is 0. The summed E-state index contributed by atoms with van der Waals surface area (Å²) in [6.07, 6.45) is 1.81. The molecule has 0 aromatic heterocycles. The zero-order valence-electron chi connectivity index (χ0n) is 11.2. The van der Waals surface area contributed by atoms with E-state index in [4.69, 9.17) is 0 Å². The van der Waals surface area contributed by atoms with E-state index >= 15 is 0 Å². The number of aliphatic imine (C=N–C) groups is 1. The van der Waals surface area contributed by atoms with Gasteiger partial charge in [0.2, 0.25) is 0 Å². The minimum atomic E-state index is 0.00702. The van der Waals surface area contributed by atoms with Crippen molar-refractivity contribution in [2.45, 2.75) is 6.61 Å². The molecule has 0 radical (unpaired) electrons. The molecule has 2 aromatic rings. The number of anilines is 1. The van der Waals surface area contributed by atoms with Crippen LogP contribution in [0.1, 0.15) is 11.1 Å². The number of hydrogen-bond acceptors (Lipinski definition) is 3. The number of rotatable bonds is 4. The molecule has 3 nitrogen and oxygen atoms in total. The van der Waals surface area contributed by atoms with Crippen LogP contribution in [0, 0.1) is 0 Å². The Labute approximate surface area is 113 Å². The first-order valence-corrected chi connectivity index (χ1v) is 6.21. The number of aliphatic hydroxyl groups is 1. The Balaban J connectivity index is 2.18. The van der Waals surface area contributed by atoms with E-state index in [1.54, 1.807) is 0 Å². The summed E-state index contributed by atoms with van der Waals surface area (Å²) in [6.45, 7) is 0.00702. The van der Waals surface area contributed by atoms with E-state index in [2.05, 4.69) is 22.0 Å². The van der Waals surface area contributed by atoms with Crippen LogP contribution in [0.2, 0.25) is 0 Å². The average molecular weight is 254 g/mol. The van der Waals surface area contributed by atoms with Gasteiger partial charge in [0, 0.05) is 31.6 Å². The maximum Gasteiger partial charge on any atom is 0.0702 e. The highest BCUT2D eigenvalue weighted by Gasteiger charge is 1.98. The highest BCUT2D eigenvalue weighted by Crippen LogP contribution is 2.18. The number of nitrogens with zero attached hydrogens (tertiary/aromatic N) is 2. The summed E-state index contributed by atoms with van der Waals surface area (Å²) in [5, 5.41) is 9.23. The van der Waals surface area contributed by atoms with Crippen LogP contribution in [0.3, 0.4) is 0 Å². The maximum atomic E-state index is 9.23. The lowest BCUT2D eigenvalue weighted by Crippen LogP contribution is -2.08. The van der Waals surface area contributed by atoms with Crippen molar-refractivity contribution in [2.24, 2.45) is 4.99 Å². The summed E-state index contributed by atoms with van der Waals surface area (Å²) in [5.41, 5.74) is 3.84. The third kappa shape index (κ3) is 3.42. The summed E-state index contributed by atoms with van der Waals surface area (Å²) in [4.78, 5) is 6.48. The molecule has 0 bridgehead atoms. The molecule has 0 amide bonds. The fourth-order valence-corrected chi connectivity index (χ4v) is 1.77. The molecule has 98 valence electrons. The van der Waals surface area contributed by atoms with Gasteiger partial charge in [0.1, 0.15) is 0 Å². The minimum absolute atomic E-state index is 0.00702. The van der Waals surface area contributed by atoms with Crippen LogP contribution in [0.5, 0.6) is 0 Å². The largest absolute Gasteiger partial charge is 0.392 e. The lowest BCUT2D eigenvalue weighted by Gasteiger charge is -2.11. The Hall–Kier alpha value is -2.13. The third-order valence-electron chi connectivity index (χ3n) is 2.92. The summed E-state index contributed by atoms with van der Waals surface area (Å²) in [6, 6.07) is 15.8. The van der Waals surface area contributed by atoms with Gasteiger partial charge < -0.3 is 10.0 Å². The molecule has 0 aliphatic rings. The number of benzene rings is 2. The molecule has 0 fully saturated rings. The first kappa shape index (κ1) is 13.3. The van der Waals surface area contributed by atoms with Gasteiger partial charge in [0.15, 0.2) is 0 Å². The van der Waals surface area contributed by atoms with Gasteiger partial charge >= 0.3 is 0 Å². The zero-order chi connectivity index (χ0) is 13.7. The van der Waals surface area contributed by atoms with Crippen LogP contribution >= 0.6 is 0 Å². The van der Waals surface area contributed by atoms with Gasteiger partial charge in [0.05, 0.1) is 12.3 Å². The first-order valence-electron chi connectivity index (χ1n) is 6.21. The third-order valence-corrected chi connectivity index (χ3v) is 2.92. The molecule has 2 aromatic carbocycles. The van der Waals surface area contributed by atoms with E-state index in [1.165, 1.54) is 0 Å².